The van der Waals surface area contributed by atoms with Crippen molar-refractivity contribution in [3.8, 4) is 16.9 Å². The molecule has 3 atom stereocenters. The second-order valence-corrected chi connectivity index (χ2v) is 8.35. The summed E-state index contributed by atoms with van der Waals surface area (Å²) in [5.41, 5.74) is 1.70. The molecule has 2 aromatic carbocycles. The number of carboxylic acid groups (broad SMARTS) is 1. The SMILES string of the molecule is O=C(O)c1cccc(-c2cc(Cl)ccc2OCCC2CCCC3NCNC(=O)C23)c1. The summed E-state index contributed by atoms with van der Waals surface area (Å²) in [7, 11) is 0. The summed E-state index contributed by atoms with van der Waals surface area (Å²) in [5, 5.41) is 16.2. The molecule has 2 aromatic rings. The fraction of sp³-hybridized carbons (Fsp3) is 0.391. The van der Waals surface area contributed by atoms with Gasteiger partial charge >= 0.3 is 5.97 Å². The molecule has 7 heteroatoms. The second-order valence-electron chi connectivity index (χ2n) is 7.91. The zero-order valence-corrected chi connectivity index (χ0v) is 17.3. The van der Waals surface area contributed by atoms with Crippen LogP contribution in [-0.2, 0) is 4.79 Å². The van der Waals surface area contributed by atoms with Crippen molar-refractivity contribution in [1.82, 2.24) is 10.6 Å². The Bertz CT molecular complexity index is 947. The summed E-state index contributed by atoms with van der Waals surface area (Å²) in [4.78, 5) is 23.7. The average Bonchev–Trinajstić information content (AvgIpc) is 2.75. The van der Waals surface area contributed by atoms with Crippen molar-refractivity contribution in [2.75, 3.05) is 13.3 Å². The van der Waals surface area contributed by atoms with Crippen LogP contribution in [0.25, 0.3) is 11.1 Å². The molecule has 1 amide bonds. The first-order valence-corrected chi connectivity index (χ1v) is 10.7. The van der Waals surface area contributed by atoms with Gasteiger partial charge in [-0.3, -0.25) is 10.1 Å². The molecule has 3 unspecified atom stereocenters. The van der Waals surface area contributed by atoms with E-state index in [-0.39, 0.29) is 29.3 Å². The first kappa shape index (κ1) is 20.7. The van der Waals surface area contributed by atoms with E-state index >= 15 is 0 Å². The number of hydrogen-bond acceptors (Lipinski definition) is 4. The van der Waals surface area contributed by atoms with Crippen LogP contribution in [0.15, 0.2) is 42.5 Å². The Morgan fingerprint density at radius 2 is 2.07 bits per heavy atom. The molecule has 30 heavy (non-hydrogen) atoms. The lowest BCUT2D eigenvalue weighted by Gasteiger charge is -2.41. The molecular weight excluding hydrogens is 404 g/mol. The van der Waals surface area contributed by atoms with Crippen LogP contribution in [0.3, 0.4) is 0 Å². The van der Waals surface area contributed by atoms with Crippen molar-refractivity contribution in [2.24, 2.45) is 11.8 Å². The highest BCUT2D eigenvalue weighted by atomic mass is 35.5. The Hall–Kier alpha value is -2.57. The minimum Gasteiger partial charge on any atom is -0.493 e. The molecule has 158 valence electrons. The number of carbonyl (C=O) groups is 2. The number of aromatic carboxylic acids is 1. The highest BCUT2D eigenvalue weighted by molar-refractivity contribution is 6.31. The first-order valence-electron chi connectivity index (χ1n) is 10.3. The number of benzene rings is 2. The second kappa shape index (κ2) is 9.06. The minimum atomic E-state index is -0.979. The number of fused-ring (bicyclic) bond motifs is 1. The van der Waals surface area contributed by atoms with Gasteiger partial charge in [0.15, 0.2) is 0 Å². The molecule has 2 fully saturated rings. The molecule has 1 aliphatic heterocycles. The Kier molecular flexibility index (Phi) is 6.25. The summed E-state index contributed by atoms with van der Waals surface area (Å²) in [6.07, 6.45) is 3.96. The van der Waals surface area contributed by atoms with Crippen LogP contribution >= 0.6 is 11.6 Å². The largest absolute Gasteiger partial charge is 0.493 e. The van der Waals surface area contributed by atoms with Crippen molar-refractivity contribution < 1.29 is 19.4 Å². The van der Waals surface area contributed by atoms with Crippen LogP contribution in [0.2, 0.25) is 5.02 Å². The number of hydrogen-bond donors (Lipinski definition) is 3. The van der Waals surface area contributed by atoms with E-state index in [1.807, 2.05) is 12.1 Å². The molecule has 6 nitrogen and oxygen atoms in total. The van der Waals surface area contributed by atoms with Crippen molar-refractivity contribution in [3.05, 3.63) is 53.1 Å². The zero-order chi connectivity index (χ0) is 21.1. The van der Waals surface area contributed by atoms with Gasteiger partial charge in [-0.1, -0.05) is 30.2 Å². The maximum absolute atomic E-state index is 12.4. The maximum Gasteiger partial charge on any atom is 0.335 e. The molecule has 0 bridgehead atoms. The lowest BCUT2D eigenvalue weighted by Crippen LogP contribution is -2.58. The molecule has 1 saturated heterocycles. The van der Waals surface area contributed by atoms with Crippen LogP contribution < -0.4 is 15.4 Å². The van der Waals surface area contributed by atoms with E-state index in [0.29, 0.717) is 24.0 Å². The zero-order valence-electron chi connectivity index (χ0n) is 16.6. The van der Waals surface area contributed by atoms with Crippen LogP contribution in [0, 0.1) is 11.8 Å². The lowest BCUT2D eigenvalue weighted by atomic mass is 9.73. The molecule has 4 rings (SSSR count). The molecule has 1 saturated carbocycles. The van der Waals surface area contributed by atoms with Crippen molar-refractivity contribution >= 4 is 23.5 Å². The number of ether oxygens (including phenoxy) is 1. The fourth-order valence-corrected chi connectivity index (χ4v) is 4.79. The smallest absolute Gasteiger partial charge is 0.335 e. The summed E-state index contributed by atoms with van der Waals surface area (Å²) in [6.45, 7) is 1.03. The van der Waals surface area contributed by atoms with E-state index in [2.05, 4.69) is 10.6 Å². The van der Waals surface area contributed by atoms with Crippen molar-refractivity contribution in [3.63, 3.8) is 0 Å². The number of halogens is 1. The van der Waals surface area contributed by atoms with Gasteiger partial charge in [-0.2, -0.15) is 0 Å². The van der Waals surface area contributed by atoms with E-state index in [1.54, 1.807) is 30.3 Å². The predicted molar refractivity (Wildman–Crippen MR) is 115 cm³/mol. The van der Waals surface area contributed by atoms with Gasteiger partial charge in [-0.25, -0.2) is 4.79 Å². The van der Waals surface area contributed by atoms with Crippen molar-refractivity contribution in [2.45, 2.75) is 31.7 Å². The van der Waals surface area contributed by atoms with E-state index in [4.69, 9.17) is 16.3 Å². The van der Waals surface area contributed by atoms with Gasteiger partial charge in [0, 0.05) is 16.6 Å². The van der Waals surface area contributed by atoms with Gasteiger partial charge in [-0.15, -0.1) is 0 Å². The third kappa shape index (κ3) is 4.45. The predicted octanol–water partition coefficient (Wildman–Crippen LogP) is 3.94. The van der Waals surface area contributed by atoms with Gasteiger partial charge in [0.05, 0.1) is 24.8 Å². The molecule has 0 radical (unpaired) electrons. The maximum atomic E-state index is 12.4. The quantitative estimate of drug-likeness (QED) is 0.648. The van der Waals surface area contributed by atoms with Crippen LogP contribution in [0.1, 0.15) is 36.0 Å². The fourth-order valence-electron chi connectivity index (χ4n) is 4.62. The summed E-state index contributed by atoms with van der Waals surface area (Å²) >= 11 is 6.19. The normalized spacial score (nSPS) is 23.4. The summed E-state index contributed by atoms with van der Waals surface area (Å²) in [5.74, 6) is 0.0879. The molecule has 1 aliphatic carbocycles. The van der Waals surface area contributed by atoms with Gasteiger partial charge < -0.3 is 15.2 Å². The number of carbonyl (C=O) groups excluding carboxylic acids is 1. The highest BCUT2D eigenvalue weighted by Gasteiger charge is 2.40. The molecular formula is C23H25ClN2O4. The third-order valence-electron chi connectivity index (χ3n) is 6.07. The molecule has 0 spiro atoms. The van der Waals surface area contributed by atoms with Crippen LogP contribution in [0.5, 0.6) is 5.75 Å². The van der Waals surface area contributed by atoms with Gasteiger partial charge in [0.1, 0.15) is 5.75 Å². The summed E-state index contributed by atoms with van der Waals surface area (Å²) < 4.78 is 6.11. The lowest BCUT2D eigenvalue weighted by molar-refractivity contribution is -0.131. The van der Waals surface area contributed by atoms with Crippen molar-refractivity contribution in [1.29, 1.82) is 0 Å². The number of carboxylic acids is 1. The highest BCUT2D eigenvalue weighted by Crippen LogP contribution is 2.36. The number of nitrogens with one attached hydrogen (secondary N) is 2. The average molecular weight is 429 g/mol. The Morgan fingerprint density at radius 1 is 1.20 bits per heavy atom. The molecule has 0 aromatic heterocycles. The van der Waals surface area contributed by atoms with E-state index in [0.717, 1.165) is 36.8 Å². The van der Waals surface area contributed by atoms with Gasteiger partial charge in [-0.05, 0) is 61.1 Å². The monoisotopic (exact) mass is 428 g/mol. The Morgan fingerprint density at radius 3 is 2.90 bits per heavy atom. The van der Waals surface area contributed by atoms with Crippen LogP contribution in [0.4, 0.5) is 0 Å². The molecule has 2 aliphatic rings. The Labute approximate surface area is 180 Å². The summed E-state index contributed by atoms with van der Waals surface area (Å²) in [6, 6.07) is 12.3. The van der Waals surface area contributed by atoms with Gasteiger partial charge in [0.2, 0.25) is 5.91 Å². The topological polar surface area (TPSA) is 87.7 Å². The van der Waals surface area contributed by atoms with E-state index in [1.165, 1.54) is 0 Å². The Balaban J connectivity index is 1.48. The van der Waals surface area contributed by atoms with Crippen LogP contribution in [-0.4, -0.2) is 36.3 Å². The molecule has 1 heterocycles. The third-order valence-corrected chi connectivity index (χ3v) is 6.30. The first-order chi connectivity index (χ1) is 14.5. The molecule has 3 N–H and O–H groups in total. The van der Waals surface area contributed by atoms with E-state index < -0.39 is 5.97 Å². The number of rotatable bonds is 6. The number of amides is 1. The minimum absolute atomic E-state index is 0.00645. The standard InChI is InChI=1S/C23H25ClN2O4/c24-17-7-8-20(18(12-17)15-4-1-5-16(11-15)23(28)29)30-10-9-14-3-2-6-19-21(14)22(27)26-13-25-19/h1,4-5,7-8,11-12,14,19,21,25H,2-3,6,9-10,13H2,(H,26,27)(H,28,29). The van der Waals surface area contributed by atoms with E-state index in [9.17, 15) is 14.7 Å². The van der Waals surface area contributed by atoms with Gasteiger partial charge in [0.25, 0.3) is 0 Å².